The average Bonchev–Trinajstić information content (AvgIpc) is 3.21. The van der Waals surface area contributed by atoms with Crippen molar-refractivity contribution in [1.29, 1.82) is 0 Å². The molecule has 2 heterocycles. The molecule has 116 valence electrons. The molecular weight excluding hydrogens is 300 g/mol. The second-order valence-corrected chi connectivity index (χ2v) is 4.44. The van der Waals surface area contributed by atoms with Gasteiger partial charge in [0.15, 0.2) is 0 Å². The smallest absolute Gasteiger partial charge is 0.337 e. The van der Waals surface area contributed by atoms with Gasteiger partial charge in [-0.3, -0.25) is 0 Å². The van der Waals surface area contributed by atoms with Gasteiger partial charge in [-0.2, -0.15) is 5.10 Å². The number of rotatable bonds is 4. The van der Waals surface area contributed by atoms with Crippen LogP contribution in [0.2, 0.25) is 0 Å². The lowest BCUT2D eigenvalue weighted by molar-refractivity contribution is 0.0601. The Morgan fingerprint density at radius 2 is 2.09 bits per heavy atom. The van der Waals surface area contributed by atoms with E-state index in [1.165, 1.54) is 13.3 Å². The summed E-state index contributed by atoms with van der Waals surface area (Å²) in [5, 5.41) is 14.4. The number of ether oxygens (including phenoxy) is 1. The number of aromatic nitrogens is 4. The van der Waals surface area contributed by atoms with E-state index in [0.717, 1.165) is 10.4 Å². The van der Waals surface area contributed by atoms with Crippen LogP contribution in [-0.4, -0.2) is 39.6 Å². The van der Waals surface area contributed by atoms with Crippen molar-refractivity contribution in [2.75, 3.05) is 12.8 Å². The van der Waals surface area contributed by atoms with Crippen LogP contribution in [0.15, 0.2) is 45.9 Å². The Morgan fingerprint density at radius 3 is 2.74 bits per heavy atom. The fourth-order valence-electron chi connectivity index (χ4n) is 1.85. The minimum Gasteiger partial charge on any atom is -0.465 e. The number of carbonyl (C=O) groups excluding carboxylic acids is 1. The van der Waals surface area contributed by atoms with Crippen molar-refractivity contribution in [2.45, 2.75) is 0 Å². The first-order chi connectivity index (χ1) is 11.2. The Morgan fingerprint density at radius 1 is 1.30 bits per heavy atom. The lowest BCUT2D eigenvalue weighted by atomic mass is 10.1. The molecule has 0 atom stereocenters. The second kappa shape index (κ2) is 6.10. The van der Waals surface area contributed by atoms with Gasteiger partial charge in [-0.15, -0.1) is 0 Å². The largest absolute Gasteiger partial charge is 0.465 e. The molecule has 1 aromatic carbocycles. The number of carbonyl (C=O) groups is 1. The molecule has 0 amide bonds. The van der Waals surface area contributed by atoms with Crippen LogP contribution in [0.3, 0.4) is 0 Å². The van der Waals surface area contributed by atoms with Crippen LogP contribution in [0.4, 0.5) is 5.95 Å². The number of furan rings is 1. The normalized spacial score (nSPS) is 11.0. The van der Waals surface area contributed by atoms with Crippen molar-refractivity contribution < 1.29 is 13.9 Å². The number of nitrogens with two attached hydrogens (primary N) is 1. The second-order valence-electron chi connectivity index (χ2n) is 4.44. The Hall–Kier alpha value is -3.49. The average molecular weight is 312 g/mol. The summed E-state index contributed by atoms with van der Waals surface area (Å²) >= 11 is 0. The van der Waals surface area contributed by atoms with E-state index in [0.29, 0.717) is 17.1 Å². The van der Waals surface area contributed by atoms with Gasteiger partial charge in [-0.25, -0.2) is 4.79 Å². The molecule has 2 N–H and O–H groups in total. The molecule has 9 nitrogen and oxygen atoms in total. The lowest BCUT2D eigenvalue weighted by Gasteiger charge is -2.00. The topological polar surface area (TPSA) is 121 Å². The van der Waals surface area contributed by atoms with Gasteiger partial charge in [-0.1, -0.05) is 22.0 Å². The van der Waals surface area contributed by atoms with Gasteiger partial charge < -0.3 is 14.9 Å². The van der Waals surface area contributed by atoms with Crippen LogP contribution >= 0.6 is 0 Å². The highest BCUT2D eigenvalue weighted by Gasteiger charge is 2.08. The van der Waals surface area contributed by atoms with Gasteiger partial charge >= 0.3 is 5.97 Å². The minimum atomic E-state index is -0.386. The number of hydrogen-bond donors (Lipinski definition) is 1. The van der Waals surface area contributed by atoms with E-state index < -0.39 is 0 Å². The van der Waals surface area contributed by atoms with E-state index in [9.17, 15) is 4.79 Å². The maximum atomic E-state index is 11.4. The van der Waals surface area contributed by atoms with E-state index in [4.69, 9.17) is 10.2 Å². The van der Waals surface area contributed by atoms with E-state index in [1.807, 2.05) is 0 Å². The molecule has 3 aromatic rings. The van der Waals surface area contributed by atoms with Gasteiger partial charge in [0.2, 0.25) is 0 Å². The van der Waals surface area contributed by atoms with Crippen molar-refractivity contribution >= 4 is 18.1 Å². The predicted molar refractivity (Wildman–Crippen MR) is 80.7 cm³/mol. The van der Waals surface area contributed by atoms with Gasteiger partial charge in [0.1, 0.15) is 11.5 Å². The SMILES string of the molecule is COC(=O)c1ccc(-c2ccc(C=Nn3nnnc3N)o2)cc1. The predicted octanol–water partition coefficient (Wildman–Crippen LogP) is 1.18. The first-order valence-corrected chi connectivity index (χ1v) is 6.54. The fraction of sp³-hybridized carbons (Fsp3) is 0.0714. The third kappa shape index (κ3) is 3.07. The monoisotopic (exact) mass is 312 g/mol. The number of tetrazole rings is 1. The Labute approximate surface area is 130 Å². The summed E-state index contributed by atoms with van der Waals surface area (Å²) in [5.74, 6) is 0.828. The first-order valence-electron chi connectivity index (χ1n) is 6.54. The van der Waals surface area contributed by atoms with Crippen LogP contribution in [0.1, 0.15) is 16.1 Å². The van der Waals surface area contributed by atoms with Crippen molar-refractivity contribution in [3.63, 3.8) is 0 Å². The fourth-order valence-corrected chi connectivity index (χ4v) is 1.85. The third-order valence-electron chi connectivity index (χ3n) is 2.99. The van der Waals surface area contributed by atoms with Crippen molar-refractivity contribution in [3.8, 4) is 11.3 Å². The lowest BCUT2D eigenvalue weighted by Crippen LogP contribution is -2.00. The van der Waals surface area contributed by atoms with E-state index in [-0.39, 0.29) is 11.9 Å². The van der Waals surface area contributed by atoms with Gasteiger partial charge in [0.25, 0.3) is 5.95 Å². The highest BCUT2D eigenvalue weighted by molar-refractivity contribution is 5.89. The van der Waals surface area contributed by atoms with Crippen LogP contribution in [0, 0.1) is 0 Å². The molecular formula is C14H12N6O3. The number of methoxy groups -OCH3 is 1. The first kappa shape index (κ1) is 14.4. The molecule has 3 rings (SSSR count). The molecule has 0 aliphatic rings. The van der Waals surface area contributed by atoms with Crippen molar-refractivity contribution in [1.82, 2.24) is 20.3 Å². The Kier molecular flexibility index (Phi) is 3.83. The summed E-state index contributed by atoms with van der Waals surface area (Å²) in [7, 11) is 1.34. The molecule has 9 heteroatoms. The molecule has 0 saturated carbocycles. The molecule has 0 unspecified atom stereocenters. The molecule has 2 aromatic heterocycles. The zero-order valence-electron chi connectivity index (χ0n) is 12.1. The number of nitrogens with zero attached hydrogens (tertiary/aromatic N) is 5. The van der Waals surface area contributed by atoms with Crippen LogP contribution in [-0.2, 0) is 4.74 Å². The van der Waals surface area contributed by atoms with Crippen LogP contribution in [0.25, 0.3) is 11.3 Å². The molecule has 23 heavy (non-hydrogen) atoms. The Balaban J connectivity index is 1.78. The maximum absolute atomic E-state index is 11.4. The van der Waals surface area contributed by atoms with Crippen molar-refractivity contribution in [2.24, 2.45) is 5.10 Å². The van der Waals surface area contributed by atoms with Crippen molar-refractivity contribution in [3.05, 3.63) is 47.7 Å². The highest BCUT2D eigenvalue weighted by Crippen LogP contribution is 2.22. The van der Waals surface area contributed by atoms with E-state index in [2.05, 4.69) is 25.4 Å². The molecule has 0 aliphatic heterocycles. The standard InChI is InChI=1S/C14H12N6O3/c1-22-13(21)10-4-2-9(3-5-10)12-7-6-11(23-12)8-16-20-14(15)17-18-19-20/h2-8H,1H3,(H2,15,17,19). The highest BCUT2D eigenvalue weighted by atomic mass is 16.5. The zero-order chi connectivity index (χ0) is 16.2. The molecule has 0 bridgehead atoms. The summed E-state index contributed by atoms with van der Waals surface area (Å²) in [5.41, 5.74) is 6.79. The third-order valence-corrected chi connectivity index (χ3v) is 2.99. The van der Waals surface area contributed by atoms with Crippen LogP contribution < -0.4 is 5.73 Å². The van der Waals surface area contributed by atoms with Gasteiger partial charge in [0, 0.05) is 5.56 Å². The van der Waals surface area contributed by atoms with E-state index >= 15 is 0 Å². The van der Waals surface area contributed by atoms with Gasteiger partial charge in [0.05, 0.1) is 18.9 Å². The molecule has 0 radical (unpaired) electrons. The molecule has 0 saturated heterocycles. The van der Waals surface area contributed by atoms with E-state index in [1.54, 1.807) is 36.4 Å². The number of benzene rings is 1. The van der Waals surface area contributed by atoms with Gasteiger partial charge in [-0.05, 0) is 34.7 Å². The number of anilines is 1. The Bertz CT molecular complexity index is 850. The number of esters is 1. The summed E-state index contributed by atoms with van der Waals surface area (Å²) in [6, 6.07) is 10.4. The molecule has 0 fully saturated rings. The summed E-state index contributed by atoms with van der Waals surface area (Å²) < 4.78 is 10.3. The maximum Gasteiger partial charge on any atom is 0.337 e. The quantitative estimate of drug-likeness (QED) is 0.567. The molecule has 0 aliphatic carbocycles. The summed E-state index contributed by atoms with van der Waals surface area (Å²) in [6.45, 7) is 0. The zero-order valence-corrected chi connectivity index (χ0v) is 12.1. The minimum absolute atomic E-state index is 0.0754. The summed E-state index contributed by atoms with van der Waals surface area (Å²) in [6.07, 6.45) is 1.44. The number of nitrogen functional groups attached to an aromatic ring is 1. The van der Waals surface area contributed by atoms with Crippen LogP contribution in [0.5, 0.6) is 0 Å². The summed E-state index contributed by atoms with van der Waals surface area (Å²) in [4.78, 5) is 12.5. The number of hydrogen-bond acceptors (Lipinski definition) is 8. The molecule has 0 spiro atoms.